The first-order valence-corrected chi connectivity index (χ1v) is 9.64. The van der Waals surface area contributed by atoms with Crippen LogP contribution in [0.25, 0.3) is 11.3 Å². The van der Waals surface area contributed by atoms with Crippen LogP contribution in [0.1, 0.15) is 5.56 Å². The van der Waals surface area contributed by atoms with E-state index in [0.29, 0.717) is 17.4 Å². The quantitative estimate of drug-likeness (QED) is 0.613. The maximum absolute atomic E-state index is 11.3. The van der Waals surface area contributed by atoms with Crippen molar-refractivity contribution in [1.29, 1.82) is 0 Å². The minimum Gasteiger partial charge on any atom is -0.481 e. The molecule has 0 spiro atoms. The van der Waals surface area contributed by atoms with Gasteiger partial charge in [-0.25, -0.2) is 13.4 Å². The van der Waals surface area contributed by atoms with Crippen LogP contribution in [0.4, 0.5) is 17.2 Å². The number of aryl methyl sites for hydroxylation is 1. The molecule has 0 atom stereocenters. The molecule has 0 unspecified atom stereocenters. The van der Waals surface area contributed by atoms with Crippen LogP contribution in [0.2, 0.25) is 0 Å². The van der Waals surface area contributed by atoms with Crippen LogP contribution in [0.15, 0.2) is 42.6 Å². The van der Waals surface area contributed by atoms with Gasteiger partial charge in [0.05, 0.1) is 19.1 Å². The number of nitrogens with zero attached hydrogens (tertiary/aromatic N) is 2. The minimum atomic E-state index is -3.30. The smallest absolute Gasteiger partial charge is 0.229 e. The fourth-order valence-corrected chi connectivity index (χ4v) is 2.97. The average molecular weight is 373 g/mol. The van der Waals surface area contributed by atoms with Gasteiger partial charge in [-0.15, -0.1) is 0 Å². The molecule has 0 fully saturated rings. The van der Waals surface area contributed by atoms with Gasteiger partial charge in [-0.2, -0.15) is 5.10 Å². The Hall–Kier alpha value is -3.07. The Morgan fingerprint density at radius 2 is 1.96 bits per heavy atom. The first-order chi connectivity index (χ1) is 12.3. The van der Waals surface area contributed by atoms with Crippen LogP contribution in [0.3, 0.4) is 0 Å². The van der Waals surface area contributed by atoms with Crippen molar-refractivity contribution in [3.8, 4) is 17.1 Å². The van der Waals surface area contributed by atoms with E-state index in [2.05, 4.69) is 25.2 Å². The van der Waals surface area contributed by atoms with E-state index in [9.17, 15) is 8.42 Å². The zero-order valence-corrected chi connectivity index (χ0v) is 15.4. The molecule has 2 heterocycles. The number of H-pyrrole nitrogens is 1. The van der Waals surface area contributed by atoms with Crippen molar-refractivity contribution in [3.63, 3.8) is 0 Å². The van der Waals surface area contributed by atoms with Crippen LogP contribution < -0.4 is 14.8 Å². The summed E-state index contributed by atoms with van der Waals surface area (Å²) in [6.45, 7) is 1.89. The molecule has 1 aromatic carbocycles. The molecule has 3 aromatic rings. The molecule has 3 rings (SSSR count). The third-order valence-corrected chi connectivity index (χ3v) is 4.23. The fourth-order valence-electron chi connectivity index (χ4n) is 2.41. The minimum absolute atomic E-state index is 0.516. The van der Waals surface area contributed by atoms with E-state index in [4.69, 9.17) is 4.74 Å². The molecule has 0 radical (unpaired) electrons. The molecule has 9 heteroatoms. The number of ether oxygens (including phenoxy) is 1. The van der Waals surface area contributed by atoms with Crippen molar-refractivity contribution in [2.75, 3.05) is 23.4 Å². The lowest BCUT2D eigenvalue weighted by Gasteiger charge is -2.10. The van der Waals surface area contributed by atoms with E-state index in [1.54, 1.807) is 37.6 Å². The van der Waals surface area contributed by atoms with E-state index < -0.39 is 10.0 Å². The number of aromatic nitrogens is 3. The van der Waals surface area contributed by atoms with Crippen molar-refractivity contribution in [2.24, 2.45) is 0 Å². The molecule has 26 heavy (non-hydrogen) atoms. The van der Waals surface area contributed by atoms with Gasteiger partial charge >= 0.3 is 0 Å². The highest BCUT2D eigenvalue weighted by atomic mass is 32.2. The first-order valence-electron chi connectivity index (χ1n) is 7.75. The number of aromatic amines is 1. The van der Waals surface area contributed by atoms with E-state index in [1.165, 1.54) is 0 Å². The average Bonchev–Trinajstić information content (AvgIpc) is 3.05. The van der Waals surface area contributed by atoms with Crippen LogP contribution in [0.5, 0.6) is 5.88 Å². The van der Waals surface area contributed by atoms with E-state index in [1.807, 2.05) is 19.1 Å². The van der Waals surface area contributed by atoms with E-state index >= 15 is 0 Å². The Morgan fingerprint density at radius 1 is 1.15 bits per heavy atom. The summed E-state index contributed by atoms with van der Waals surface area (Å²) in [6.07, 6.45) is 2.82. The molecule has 8 nitrogen and oxygen atoms in total. The lowest BCUT2D eigenvalue weighted by molar-refractivity contribution is 0.398. The largest absolute Gasteiger partial charge is 0.481 e. The van der Waals surface area contributed by atoms with Gasteiger partial charge in [-0.05, 0) is 36.8 Å². The summed E-state index contributed by atoms with van der Waals surface area (Å²) in [7, 11) is -1.73. The van der Waals surface area contributed by atoms with Gasteiger partial charge in [0.2, 0.25) is 15.9 Å². The monoisotopic (exact) mass is 373 g/mol. The molecule has 0 bridgehead atoms. The number of pyridine rings is 1. The number of methoxy groups -OCH3 is 1. The summed E-state index contributed by atoms with van der Waals surface area (Å²) in [5.41, 5.74) is 3.93. The summed E-state index contributed by atoms with van der Waals surface area (Å²) in [4.78, 5) is 4.17. The van der Waals surface area contributed by atoms with E-state index in [-0.39, 0.29) is 0 Å². The first kappa shape index (κ1) is 17.7. The fraction of sp³-hybridized carbons (Fsp3) is 0.176. The number of nitrogens with one attached hydrogen (secondary N) is 3. The molecular weight excluding hydrogens is 354 g/mol. The summed E-state index contributed by atoms with van der Waals surface area (Å²) in [5.74, 6) is 1.19. The van der Waals surface area contributed by atoms with Gasteiger partial charge in [-0.3, -0.25) is 9.82 Å². The van der Waals surface area contributed by atoms with Crippen LogP contribution >= 0.6 is 0 Å². The number of sulfonamides is 1. The molecule has 0 aliphatic rings. The lowest BCUT2D eigenvalue weighted by Crippen LogP contribution is -2.09. The lowest BCUT2D eigenvalue weighted by atomic mass is 10.2. The second kappa shape index (κ2) is 7.04. The second-order valence-electron chi connectivity index (χ2n) is 5.79. The molecular formula is C17H19N5O3S. The molecule has 0 amide bonds. The van der Waals surface area contributed by atoms with Gasteiger partial charge in [0.1, 0.15) is 0 Å². The second-order valence-corrected chi connectivity index (χ2v) is 7.53. The standard InChI is InChI=1S/C17H19N5O3S/c1-11-8-13(22-26(3,23)24)5-6-14(11)19-16-9-15(20-21-16)12-4-7-17(25-2)18-10-12/h4-10,22H,1-3H3,(H2,19,20,21). The van der Waals surface area contributed by atoms with Gasteiger partial charge in [-0.1, -0.05) is 0 Å². The Labute approximate surface area is 151 Å². The summed E-state index contributed by atoms with van der Waals surface area (Å²) in [6, 6.07) is 10.8. The Morgan fingerprint density at radius 3 is 2.58 bits per heavy atom. The van der Waals surface area contributed by atoms with Gasteiger partial charge in [0.25, 0.3) is 0 Å². The zero-order valence-electron chi connectivity index (χ0n) is 14.6. The number of rotatable bonds is 6. The molecule has 136 valence electrons. The summed E-state index contributed by atoms with van der Waals surface area (Å²) < 4.78 is 30.1. The van der Waals surface area contributed by atoms with E-state index in [0.717, 1.165) is 28.8 Å². The van der Waals surface area contributed by atoms with Crippen molar-refractivity contribution < 1.29 is 13.2 Å². The third kappa shape index (κ3) is 4.31. The Balaban J connectivity index is 1.76. The maximum atomic E-state index is 11.3. The van der Waals surface area contributed by atoms with Crippen LogP contribution in [0, 0.1) is 6.92 Å². The SMILES string of the molecule is COc1ccc(-c2cc(Nc3ccc(NS(C)(=O)=O)cc3C)n[nH]2)cn1. The van der Waals surface area contributed by atoms with Gasteiger partial charge < -0.3 is 10.1 Å². The third-order valence-electron chi connectivity index (χ3n) is 3.63. The van der Waals surface area contributed by atoms with Crippen LogP contribution in [-0.4, -0.2) is 37.0 Å². The molecule has 0 saturated heterocycles. The normalized spacial score (nSPS) is 11.2. The predicted octanol–water partition coefficient (Wildman–Crippen LogP) is 2.90. The van der Waals surface area contributed by atoms with Gasteiger partial charge in [0.15, 0.2) is 5.82 Å². The number of anilines is 3. The highest BCUT2D eigenvalue weighted by Gasteiger charge is 2.08. The highest BCUT2D eigenvalue weighted by molar-refractivity contribution is 7.92. The topological polar surface area (TPSA) is 109 Å². The molecule has 0 aliphatic carbocycles. The molecule has 0 saturated carbocycles. The molecule has 2 aromatic heterocycles. The Bertz CT molecular complexity index is 1010. The maximum Gasteiger partial charge on any atom is 0.229 e. The highest BCUT2D eigenvalue weighted by Crippen LogP contribution is 2.26. The van der Waals surface area contributed by atoms with Crippen molar-refractivity contribution >= 4 is 27.2 Å². The predicted molar refractivity (Wildman–Crippen MR) is 101 cm³/mol. The van der Waals surface area contributed by atoms with Crippen molar-refractivity contribution in [2.45, 2.75) is 6.92 Å². The summed E-state index contributed by atoms with van der Waals surface area (Å²) >= 11 is 0. The Kier molecular flexibility index (Phi) is 4.81. The summed E-state index contributed by atoms with van der Waals surface area (Å²) in [5, 5.41) is 10.4. The number of hydrogen-bond donors (Lipinski definition) is 3. The van der Waals surface area contributed by atoms with Gasteiger partial charge in [0, 0.05) is 35.3 Å². The number of benzene rings is 1. The van der Waals surface area contributed by atoms with Crippen molar-refractivity contribution in [1.82, 2.24) is 15.2 Å². The number of hydrogen-bond acceptors (Lipinski definition) is 6. The molecule has 3 N–H and O–H groups in total. The van der Waals surface area contributed by atoms with Crippen molar-refractivity contribution in [3.05, 3.63) is 48.2 Å². The van der Waals surface area contributed by atoms with Crippen LogP contribution in [-0.2, 0) is 10.0 Å². The molecule has 0 aliphatic heterocycles. The zero-order chi connectivity index (χ0) is 18.7.